The Labute approximate surface area is 120 Å². The Morgan fingerprint density at radius 2 is 1.75 bits per heavy atom. The van der Waals surface area contributed by atoms with E-state index in [0.29, 0.717) is 6.54 Å². The number of carbonyl (C=O) groups is 2. The molecule has 2 amide bonds. The van der Waals surface area contributed by atoms with Crippen LogP contribution in [0.2, 0.25) is 0 Å². The predicted octanol–water partition coefficient (Wildman–Crippen LogP) is 2.37. The van der Waals surface area contributed by atoms with E-state index >= 15 is 0 Å². The van der Waals surface area contributed by atoms with Crippen molar-refractivity contribution in [3.63, 3.8) is 0 Å². The number of benzene rings is 1. The second-order valence-electron chi connectivity index (χ2n) is 5.04. The van der Waals surface area contributed by atoms with Crippen LogP contribution in [0, 0.1) is 0 Å². The number of likely N-dealkylation sites (N-methyl/N-ethyl adjacent to an activating group) is 1. The molecule has 4 nitrogen and oxygen atoms in total. The fourth-order valence-corrected chi connectivity index (χ4v) is 2.73. The van der Waals surface area contributed by atoms with Crippen LogP contribution < -0.4 is 5.32 Å². The van der Waals surface area contributed by atoms with Gasteiger partial charge in [0.25, 0.3) is 5.91 Å². The summed E-state index contributed by atoms with van der Waals surface area (Å²) in [6, 6.07) is 5.77. The van der Waals surface area contributed by atoms with Crippen LogP contribution in [0.5, 0.6) is 0 Å². The van der Waals surface area contributed by atoms with Crippen LogP contribution >= 0.6 is 0 Å². The van der Waals surface area contributed by atoms with Crippen molar-refractivity contribution in [2.45, 2.75) is 46.1 Å². The fraction of sp³-hybridized carbons (Fsp3) is 0.500. The van der Waals surface area contributed by atoms with Crippen LogP contribution in [0.4, 0.5) is 5.69 Å². The highest BCUT2D eigenvalue weighted by Crippen LogP contribution is 2.26. The van der Waals surface area contributed by atoms with Crippen LogP contribution in [0.1, 0.15) is 38.3 Å². The monoisotopic (exact) mass is 274 g/mol. The molecule has 108 valence electrons. The first-order valence-electron chi connectivity index (χ1n) is 7.33. The summed E-state index contributed by atoms with van der Waals surface area (Å²) in [6.45, 7) is 6.47. The molecule has 1 aliphatic heterocycles. The van der Waals surface area contributed by atoms with Crippen molar-refractivity contribution in [2.24, 2.45) is 0 Å². The first-order chi connectivity index (χ1) is 9.62. The highest BCUT2D eigenvalue weighted by atomic mass is 16.2. The first-order valence-corrected chi connectivity index (χ1v) is 7.33. The second-order valence-corrected chi connectivity index (χ2v) is 5.04. The number of amides is 2. The minimum absolute atomic E-state index is 0.0815. The summed E-state index contributed by atoms with van der Waals surface area (Å²) in [6.07, 6.45) is 2.07. The summed E-state index contributed by atoms with van der Waals surface area (Å²) in [7, 11) is 0. The normalized spacial score (nSPS) is 18.8. The molecule has 20 heavy (non-hydrogen) atoms. The van der Waals surface area contributed by atoms with Gasteiger partial charge >= 0.3 is 0 Å². The quantitative estimate of drug-likeness (QED) is 0.839. The van der Waals surface area contributed by atoms with Crippen molar-refractivity contribution in [1.82, 2.24) is 4.90 Å². The van der Waals surface area contributed by atoms with Crippen molar-refractivity contribution in [3.05, 3.63) is 29.3 Å². The number of nitrogens with zero attached hydrogens (tertiary/aromatic N) is 1. The Balaban J connectivity index is 2.27. The molecule has 4 heteroatoms. The third-order valence-corrected chi connectivity index (χ3v) is 3.88. The summed E-state index contributed by atoms with van der Waals surface area (Å²) < 4.78 is 0. The predicted molar refractivity (Wildman–Crippen MR) is 79.6 cm³/mol. The maximum atomic E-state index is 12.2. The third kappa shape index (κ3) is 2.55. The highest BCUT2D eigenvalue weighted by Gasteiger charge is 2.37. The summed E-state index contributed by atoms with van der Waals surface area (Å²) in [5, 5.41) is 3.31. The van der Waals surface area contributed by atoms with E-state index < -0.39 is 6.04 Å². The SMILES string of the molecule is CCc1cccc(CC)c1NC1CC(=O)N(CC)C1=O. The molecule has 1 aromatic rings. The second kappa shape index (κ2) is 6.07. The minimum atomic E-state index is -0.416. The topological polar surface area (TPSA) is 49.4 Å². The molecule has 0 saturated carbocycles. The Bertz CT molecular complexity index is 503. The number of carbonyl (C=O) groups excluding carboxylic acids is 2. The Kier molecular flexibility index (Phi) is 4.42. The molecular weight excluding hydrogens is 252 g/mol. The van der Waals surface area contributed by atoms with E-state index in [1.165, 1.54) is 16.0 Å². The molecule has 0 bridgehead atoms. The number of hydrogen-bond acceptors (Lipinski definition) is 3. The van der Waals surface area contributed by atoms with Crippen molar-refractivity contribution >= 4 is 17.5 Å². The molecule has 1 unspecified atom stereocenters. The zero-order chi connectivity index (χ0) is 14.7. The molecule has 1 fully saturated rings. The van der Waals surface area contributed by atoms with Crippen LogP contribution in [-0.2, 0) is 22.4 Å². The van der Waals surface area contributed by atoms with Crippen LogP contribution in [0.3, 0.4) is 0 Å². The van der Waals surface area contributed by atoms with Gasteiger partial charge in [-0.05, 0) is 30.9 Å². The van der Waals surface area contributed by atoms with E-state index in [4.69, 9.17) is 0 Å². The molecule has 0 radical (unpaired) electrons. The molecule has 1 N–H and O–H groups in total. The average molecular weight is 274 g/mol. The van der Waals surface area contributed by atoms with E-state index in [2.05, 4.69) is 31.3 Å². The number of aryl methyl sites for hydroxylation is 2. The van der Waals surface area contributed by atoms with Gasteiger partial charge in [0, 0.05) is 12.2 Å². The van der Waals surface area contributed by atoms with E-state index in [1.807, 2.05) is 13.0 Å². The fourth-order valence-electron chi connectivity index (χ4n) is 2.73. The maximum Gasteiger partial charge on any atom is 0.252 e. The van der Waals surface area contributed by atoms with Gasteiger partial charge in [0.1, 0.15) is 6.04 Å². The van der Waals surface area contributed by atoms with Gasteiger partial charge in [-0.2, -0.15) is 0 Å². The van der Waals surface area contributed by atoms with Gasteiger partial charge in [-0.1, -0.05) is 32.0 Å². The zero-order valence-electron chi connectivity index (χ0n) is 12.4. The lowest BCUT2D eigenvalue weighted by Gasteiger charge is -2.19. The number of imide groups is 1. The highest BCUT2D eigenvalue weighted by molar-refractivity contribution is 6.06. The van der Waals surface area contributed by atoms with Gasteiger partial charge in [0.05, 0.1) is 6.42 Å². The Morgan fingerprint density at radius 3 is 2.20 bits per heavy atom. The Hall–Kier alpha value is -1.84. The molecule has 1 aromatic carbocycles. The summed E-state index contributed by atoms with van der Waals surface area (Å²) >= 11 is 0. The molecular formula is C16H22N2O2. The van der Waals surface area contributed by atoms with Gasteiger partial charge in [-0.25, -0.2) is 0 Å². The van der Waals surface area contributed by atoms with Crippen LogP contribution in [0.15, 0.2) is 18.2 Å². The lowest BCUT2D eigenvalue weighted by molar-refractivity contribution is -0.138. The van der Waals surface area contributed by atoms with Crippen molar-refractivity contribution in [2.75, 3.05) is 11.9 Å². The molecule has 1 aliphatic rings. The lowest BCUT2D eigenvalue weighted by atomic mass is 10.0. The average Bonchev–Trinajstić information content (AvgIpc) is 2.73. The Morgan fingerprint density at radius 1 is 1.15 bits per heavy atom. The number of likely N-dealkylation sites (tertiary alicyclic amines) is 1. The van der Waals surface area contributed by atoms with Gasteiger partial charge in [-0.3, -0.25) is 14.5 Å². The van der Waals surface area contributed by atoms with Crippen molar-refractivity contribution in [1.29, 1.82) is 0 Å². The molecule has 0 aliphatic carbocycles. The molecule has 1 atom stereocenters. The van der Waals surface area contributed by atoms with Gasteiger partial charge in [0.2, 0.25) is 5.91 Å². The minimum Gasteiger partial charge on any atom is -0.373 e. The molecule has 1 heterocycles. The lowest BCUT2D eigenvalue weighted by Crippen LogP contribution is -2.34. The van der Waals surface area contributed by atoms with E-state index in [1.54, 1.807) is 0 Å². The zero-order valence-corrected chi connectivity index (χ0v) is 12.4. The number of nitrogens with one attached hydrogen (secondary N) is 1. The van der Waals surface area contributed by atoms with Gasteiger partial charge in [0.15, 0.2) is 0 Å². The smallest absolute Gasteiger partial charge is 0.252 e. The van der Waals surface area contributed by atoms with E-state index in [9.17, 15) is 9.59 Å². The molecule has 1 saturated heterocycles. The number of para-hydroxylation sites is 1. The number of rotatable bonds is 5. The maximum absolute atomic E-state index is 12.2. The van der Waals surface area contributed by atoms with Crippen LogP contribution in [-0.4, -0.2) is 29.3 Å². The van der Waals surface area contributed by atoms with E-state index in [-0.39, 0.29) is 18.2 Å². The standard InChI is InChI=1S/C16H22N2O2/c1-4-11-8-7-9-12(5-2)15(11)17-13-10-14(19)18(6-3)16(13)20/h7-9,13,17H,4-6,10H2,1-3H3. The number of hydrogen-bond donors (Lipinski definition) is 1. The summed E-state index contributed by atoms with van der Waals surface area (Å²) in [5.41, 5.74) is 3.42. The number of anilines is 1. The van der Waals surface area contributed by atoms with Crippen molar-refractivity contribution in [3.8, 4) is 0 Å². The molecule has 0 spiro atoms. The molecule has 2 rings (SSSR count). The van der Waals surface area contributed by atoms with Crippen molar-refractivity contribution < 1.29 is 9.59 Å². The van der Waals surface area contributed by atoms with Gasteiger partial charge in [-0.15, -0.1) is 0 Å². The van der Waals surface area contributed by atoms with Gasteiger partial charge < -0.3 is 5.32 Å². The summed E-state index contributed by atoms with van der Waals surface area (Å²) in [5.74, 6) is -0.188. The third-order valence-electron chi connectivity index (χ3n) is 3.88. The summed E-state index contributed by atoms with van der Waals surface area (Å²) in [4.78, 5) is 25.3. The van der Waals surface area contributed by atoms with E-state index in [0.717, 1.165) is 18.5 Å². The molecule has 0 aromatic heterocycles. The first kappa shape index (κ1) is 14.6. The van der Waals surface area contributed by atoms with Crippen LogP contribution in [0.25, 0.3) is 0 Å². The largest absolute Gasteiger partial charge is 0.373 e.